The van der Waals surface area contributed by atoms with Crippen LogP contribution in [0.5, 0.6) is 0 Å². The van der Waals surface area contributed by atoms with Gasteiger partial charge in [0.05, 0.1) is 10.8 Å². The summed E-state index contributed by atoms with van der Waals surface area (Å²) in [6.07, 6.45) is 0. The van der Waals surface area contributed by atoms with E-state index < -0.39 is 0 Å². The molecule has 0 spiro atoms. The molecule has 0 radical (unpaired) electrons. The van der Waals surface area contributed by atoms with E-state index in [1.165, 1.54) is 11.8 Å². The molecule has 0 fully saturated rings. The van der Waals surface area contributed by atoms with Crippen LogP contribution in [0, 0.1) is 6.92 Å². The summed E-state index contributed by atoms with van der Waals surface area (Å²) in [5.41, 5.74) is 2.55. The number of carbonyl (C=O) groups is 1. The lowest BCUT2D eigenvalue weighted by Gasteiger charge is -2.08. The normalized spacial score (nSPS) is 10.9. The minimum absolute atomic E-state index is 0.115. The molecular formula is C18H15BrCl2N4OS. The average Bonchev–Trinajstić information content (AvgIpc) is 2.97. The molecule has 0 bridgehead atoms. The molecule has 0 aliphatic carbocycles. The van der Waals surface area contributed by atoms with E-state index in [4.69, 9.17) is 23.2 Å². The van der Waals surface area contributed by atoms with Gasteiger partial charge >= 0.3 is 0 Å². The molecular weight excluding hydrogens is 471 g/mol. The molecule has 9 heteroatoms. The summed E-state index contributed by atoms with van der Waals surface area (Å²) in [6, 6.07) is 10.9. The Morgan fingerprint density at radius 1 is 1.22 bits per heavy atom. The Morgan fingerprint density at radius 2 is 2.00 bits per heavy atom. The molecule has 140 valence electrons. The zero-order valence-corrected chi connectivity index (χ0v) is 18.4. The Labute approximate surface area is 179 Å². The van der Waals surface area contributed by atoms with Crippen molar-refractivity contribution in [2.45, 2.75) is 12.1 Å². The maximum absolute atomic E-state index is 12.2. The van der Waals surface area contributed by atoms with Gasteiger partial charge in [-0.1, -0.05) is 50.9 Å². The number of hydrogen-bond donors (Lipinski definition) is 1. The molecule has 0 aliphatic heterocycles. The molecule has 1 aromatic heterocycles. The van der Waals surface area contributed by atoms with Gasteiger partial charge in [0.25, 0.3) is 0 Å². The van der Waals surface area contributed by atoms with E-state index in [9.17, 15) is 4.79 Å². The number of benzene rings is 2. The smallest absolute Gasteiger partial charge is 0.234 e. The van der Waals surface area contributed by atoms with Crippen molar-refractivity contribution in [3.8, 4) is 11.4 Å². The van der Waals surface area contributed by atoms with E-state index in [0.717, 1.165) is 21.3 Å². The Kier molecular flexibility index (Phi) is 6.47. The Balaban J connectivity index is 1.67. The van der Waals surface area contributed by atoms with Crippen LogP contribution in [0.1, 0.15) is 5.56 Å². The van der Waals surface area contributed by atoms with Crippen molar-refractivity contribution in [2.24, 2.45) is 7.05 Å². The average molecular weight is 486 g/mol. The van der Waals surface area contributed by atoms with Crippen LogP contribution in [0.3, 0.4) is 0 Å². The Morgan fingerprint density at radius 3 is 2.70 bits per heavy atom. The van der Waals surface area contributed by atoms with Gasteiger partial charge in [-0.25, -0.2) is 0 Å². The molecule has 3 rings (SSSR count). The first-order chi connectivity index (χ1) is 12.8. The van der Waals surface area contributed by atoms with Crippen molar-refractivity contribution in [3.63, 3.8) is 0 Å². The van der Waals surface area contributed by atoms with Crippen LogP contribution in [-0.4, -0.2) is 26.4 Å². The molecule has 2 aromatic carbocycles. The monoisotopic (exact) mass is 484 g/mol. The number of nitrogens with one attached hydrogen (secondary N) is 1. The highest BCUT2D eigenvalue weighted by Gasteiger charge is 2.15. The molecule has 1 N–H and O–H groups in total. The molecule has 5 nitrogen and oxygen atoms in total. The third kappa shape index (κ3) is 4.85. The Bertz CT molecular complexity index is 1010. The topological polar surface area (TPSA) is 59.8 Å². The van der Waals surface area contributed by atoms with E-state index in [1.54, 1.807) is 22.8 Å². The zero-order valence-electron chi connectivity index (χ0n) is 14.5. The van der Waals surface area contributed by atoms with Gasteiger partial charge in [0.2, 0.25) is 5.91 Å². The number of nitrogens with zero attached hydrogens (tertiary/aromatic N) is 3. The predicted molar refractivity (Wildman–Crippen MR) is 115 cm³/mol. The maximum Gasteiger partial charge on any atom is 0.234 e. The zero-order chi connectivity index (χ0) is 19.6. The molecule has 0 aliphatic rings. The highest BCUT2D eigenvalue weighted by molar-refractivity contribution is 9.10. The second-order valence-electron chi connectivity index (χ2n) is 5.79. The summed E-state index contributed by atoms with van der Waals surface area (Å²) in [5, 5.41) is 12.9. The lowest BCUT2D eigenvalue weighted by atomic mass is 10.2. The van der Waals surface area contributed by atoms with E-state index >= 15 is 0 Å². The van der Waals surface area contributed by atoms with Gasteiger partial charge in [0.1, 0.15) is 0 Å². The van der Waals surface area contributed by atoms with Crippen molar-refractivity contribution in [1.29, 1.82) is 0 Å². The highest BCUT2D eigenvalue weighted by Crippen LogP contribution is 2.30. The lowest BCUT2D eigenvalue weighted by Crippen LogP contribution is -2.14. The number of aryl methyl sites for hydroxylation is 1. The van der Waals surface area contributed by atoms with Gasteiger partial charge in [-0.3, -0.25) is 4.79 Å². The first-order valence-electron chi connectivity index (χ1n) is 7.89. The van der Waals surface area contributed by atoms with Crippen molar-refractivity contribution >= 4 is 62.5 Å². The van der Waals surface area contributed by atoms with Crippen molar-refractivity contribution < 1.29 is 4.79 Å². The number of halogens is 3. The largest absolute Gasteiger partial charge is 0.325 e. The molecule has 1 heterocycles. The van der Waals surface area contributed by atoms with E-state index in [-0.39, 0.29) is 11.7 Å². The van der Waals surface area contributed by atoms with Gasteiger partial charge in [-0.15, -0.1) is 10.2 Å². The summed E-state index contributed by atoms with van der Waals surface area (Å²) < 4.78 is 2.80. The minimum Gasteiger partial charge on any atom is -0.325 e. The summed E-state index contributed by atoms with van der Waals surface area (Å²) in [5.74, 6) is 0.717. The summed E-state index contributed by atoms with van der Waals surface area (Å²) in [6.45, 7) is 1.97. The number of thioether (sulfide) groups is 1. The second kappa shape index (κ2) is 8.65. The number of rotatable bonds is 5. The lowest BCUT2D eigenvalue weighted by molar-refractivity contribution is -0.113. The highest BCUT2D eigenvalue weighted by atomic mass is 79.9. The molecule has 0 saturated carbocycles. The quantitative estimate of drug-likeness (QED) is 0.478. The third-order valence-electron chi connectivity index (χ3n) is 3.78. The van der Waals surface area contributed by atoms with Crippen molar-refractivity contribution in [3.05, 3.63) is 56.5 Å². The number of aromatic nitrogens is 3. The predicted octanol–water partition coefficient (Wildman–Crippen LogP) is 5.59. The fraction of sp³-hybridized carbons (Fsp3) is 0.167. The Hall–Kier alpha value is -1.54. The van der Waals surface area contributed by atoms with Gasteiger partial charge in [-0.05, 0) is 48.9 Å². The third-order valence-corrected chi connectivity index (χ3v) is 6.24. The van der Waals surface area contributed by atoms with E-state index in [0.29, 0.717) is 21.0 Å². The number of carbonyl (C=O) groups excluding carboxylic acids is 1. The first-order valence-corrected chi connectivity index (χ1v) is 10.4. The van der Waals surface area contributed by atoms with Gasteiger partial charge in [0, 0.05) is 27.8 Å². The van der Waals surface area contributed by atoms with Crippen LogP contribution in [0.2, 0.25) is 10.0 Å². The van der Waals surface area contributed by atoms with Gasteiger partial charge < -0.3 is 9.88 Å². The molecule has 0 atom stereocenters. The van der Waals surface area contributed by atoms with Crippen LogP contribution in [0.25, 0.3) is 11.4 Å². The number of hydrogen-bond acceptors (Lipinski definition) is 4. The summed E-state index contributed by atoms with van der Waals surface area (Å²) in [4.78, 5) is 12.2. The standard InChI is InChI=1S/C18H15BrCl2N4OS/c1-10-7-12(4-6-14(10)19)22-16(26)9-27-18-24-23-17(25(18)2)13-5-3-11(20)8-15(13)21/h3-8H,9H2,1-2H3,(H,22,26). The number of amides is 1. The van der Waals surface area contributed by atoms with Crippen LogP contribution < -0.4 is 5.32 Å². The van der Waals surface area contributed by atoms with Crippen molar-refractivity contribution in [2.75, 3.05) is 11.1 Å². The van der Waals surface area contributed by atoms with Crippen LogP contribution >= 0.6 is 50.9 Å². The van der Waals surface area contributed by atoms with Crippen molar-refractivity contribution in [1.82, 2.24) is 14.8 Å². The fourth-order valence-electron chi connectivity index (χ4n) is 2.40. The molecule has 0 saturated heterocycles. The maximum atomic E-state index is 12.2. The minimum atomic E-state index is -0.115. The number of anilines is 1. The summed E-state index contributed by atoms with van der Waals surface area (Å²) in [7, 11) is 1.83. The van der Waals surface area contributed by atoms with Crippen LogP contribution in [-0.2, 0) is 11.8 Å². The molecule has 0 unspecified atom stereocenters. The van der Waals surface area contributed by atoms with E-state index in [1.807, 2.05) is 32.2 Å². The van der Waals surface area contributed by atoms with Gasteiger partial charge in [0.15, 0.2) is 11.0 Å². The van der Waals surface area contributed by atoms with Gasteiger partial charge in [-0.2, -0.15) is 0 Å². The fourth-order valence-corrected chi connectivity index (χ4v) is 3.85. The molecule has 3 aromatic rings. The van der Waals surface area contributed by atoms with E-state index in [2.05, 4.69) is 31.4 Å². The second-order valence-corrected chi connectivity index (χ2v) is 8.43. The summed E-state index contributed by atoms with van der Waals surface area (Å²) >= 11 is 16.9. The van der Waals surface area contributed by atoms with Crippen LogP contribution in [0.4, 0.5) is 5.69 Å². The molecule has 1 amide bonds. The van der Waals surface area contributed by atoms with Crippen LogP contribution in [0.15, 0.2) is 46.0 Å². The molecule has 27 heavy (non-hydrogen) atoms. The SMILES string of the molecule is Cc1cc(NC(=O)CSc2nnc(-c3ccc(Cl)cc3Cl)n2C)ccc1Br. The first kappa shape index (κ1) is 20.2.